The van der Waals surface area contributed by atoms with Crippen molar-refractivity contribution in [3.8, 4) is 11.4 Å². The van der Waals surface area contributed by atoms with Crippen molar-refractivity contribution in [1.29, 1.82) is 0 Å². The normalized spacial score (nSPS) is 14.0. The van der Waals surface area contributed by atoms with Gasteiger partial charge in [0.05, 0.1) is 5.69 Å². The molecule has 0 unspecified atom stereocenters. The van der Waals surface area contributed by atoms with Crippen LogP contribution in [0.25, 0.3) is 11.4 Å². The molecule has 0 aliphatic carbocycles. The number of carbonyl (C=O) groups excluding carboxylic acids is 1. The maximum Gasteiger partial charge on any atom is 0.471 e. The summed E-state index contributed by atoms with van der Waals surface area (Å²) in [6.07, 6.45) is -4.73. The zero-order valence-corrected chi connectivity index (χ0v) is 18.0. The van der Waals surface area contributed by atoms with Crippen LogP contribution >= 0.6 is 12.4 Å². The van der Waals surface area contributed by atoms with E-state index >= 15 is 0 Å². The lowest BCUT2D eigenvalue weighted by atomic mass is 10.1. The van der Waals surface area contributed by atoms with Gasteiger partial charge in [-0.15, -0.1) is 12.4 Å². The number of rotatable bonds is 5. The second-order valence-electron chi connectivity index (χ2n) is 7.20. The highest BCUT2D eigenvalue weighted by molar-refractivity contribution is 5.94. The molecule has 176 valence electrons. The summed E-state index contributed by atoms with van der Waals surface area (Å²) >= 11 is 0. The Bertz CT molecular complexity index is 1100. The number of amides is 1. The molecular formula is C21H20ClF4N5O2. The molecule has 1 amide bonds. The van der Waals surface area contributed by atoms with Crippen molar-refractivity contribution >= 4 is 24.0 Å². The zero-order chi connectivity index (χ0) is 22.7. The Morgan fingerprint density at radius 2 is 1.82 bits per heavy atom. The minimum atomic E-state index is -4.73. The van der Waals surface area contributed by atoms with E-state index in [9.17, 15) is 22.4 Å². The molecule has 0 bridgehead atoms. The van der Waals surface area contributed by atoms with Gasteiger partial charge in [0, 0.05) is 43.9 Å². The summed E-state index contributed by atoms with van der Waals surface area (Å²) in [4.78, 5) is 17.7. The van der Waals surface area contributed by atoms with Crippen LogP contribution in [-0.4, -0.2) is 42.2 Å². The topological polar surface area (TPSA) is 83.3 Å². The van der Waals surface area contributed by atoms with Gasteiger partial charge >= 0.3 is 12.1 Å². The van der Waals surface area contributed by atoms with E-state index in [2.05, 4.69) is 25.3 Å². The van der Waals surface area contributed by atoms with E-state index in [1.807, 2.05) is 4.90 Å². The van der Waals surface area contributed by atoms with E-state index in [0.29, 0.717) is 11.3 Å². The fourth-order valence-corrected chi connectivity index (χ4v) is 3.33. The number of piperazine rings is 1. The third kappa shape index (κ3) is 5.79. The molecule has 1 fully saturated rings. The number of alkyl halides is 3. The summed E-state index contributed by atoms with van der Waals surface area (Å²) in [5, 5.41) is 9.22. The fourth-order valence-electron chi connectivity index (χ4n) is 3.33. The number of hydrogen-bond donors (Lipinski definition) is 2. The lowest BCUT2D eigenvalue weighted by molar-refractivity contribution is -0.159. The number of halogens is 5. The first-order chi connectivity index (χ1) is 15.3. The average Bonchev–Trinajstić information content (AvgIpc) is 3.29. The van der Waals surface area contributed by atoms with Gasteiger partial charge in [-0.1, -0.05) is 23.4 Å². The van der Waals surface area contributed by atoms with Crippen molar-refractivity contribution in [3.63, 3.8) is 0 Å². The van der Waals surface area contributed by atoms with E-state index in [1.165, 1.54) is 30.3 Å². The zero-order valence-electron chi connectivity index (χ0n) is 17.2. The van der Waals surface area contributed by atoms with Crippen LogP contribution in [0, 0.1) is 5.82 Å². The number of aromatic nitrogens is 2. The average molecular weight is 486 g/mol. The second-order valence-corrected chi connectivity index (χ2v) is 7.20. The first-order valence-corrected chi connectivity index (χ1v) is 9.85. The number of anilines is 1. The first kappa shape index (κ1) is 24.5. The predicted molar refractivity (Wildman–Crippen MR) is 115 cm³/mol. The summed E-state index contributed by atoms with van der Waals surface area (Å²) in [6, 6.07) is 10.6. The molecule has 2 aromatic carbocycles. The summed E-state index contributed by atoms with van der Waals surface area (Å²) < 4.78 is 56.4. The van der Waals surface area contributed by atoms with Crippen molar-refractivity contribution in [1.82, 2.24) is 20.8 Å². The van der Waals surface area contributed by atoms with Crippen molar-refractivity contribution in [3.05, 3.63) is 65.3 Å². The molecule has 0 saturated carbocycles. The van der Waals surface area contributed by atoms with Crippen molar-refractivity contribution in [2.75, 3.05) is 31.1 Å². The molecule has 1 saturated heterocycles. The second kappa shape index (κ2) is 10.2. The Labute approximate surface area is 192 Å². The molecule has 7 nitrogen and oxygen atoms in total. The number of carbonyl (C=O) groups is 1. The first-order valence-electron chi connectivity index (χ1n) is 9.85. The largest absolute Gasteiger partial charge is 0.471 e. The van der Waals surface area contributed by atoms with Crippen LogP contribution in [0.15, 0.2) is 47.0 Å². The van der Waals surface area contributed by atoms with Gasteiger partial charge in [0.1, 0.15) is 5.82 Å². The lowest BCUT2D eigenvalue weighted by Gasteiger charge is -2.29. The molecule has 0 radical (unpaired) electrons. The third-order valence-electron chi connectivity index (χ3n) is 5.00. The van der Waals surface area contributed by atoms with Crippen LogP contribution in [0.4, 0.5) is 23.2 Å². The smallest absolute Gasteiger partial charge is 0.367 e. The van der Waals surface area contributed by atoms with Crippen molar-refractivity contribution in [2.45, 2.75) is 12.7 Å². The molecule has 2 heterocycles. The van der Waals surface area contributed by atoms with Gasteiger partial charge in [0.2, 0.25) is 5.82 Å². The third-order valence-corrected chi connectivity index (χ3v) is 5.00. The monoisotopic (exact) mass is 485 g/mol. The van der Waals surface area contributed by atoms with Crippen LogP contribution < -0.4 is 15.5 Å². The quantitative estimate of drug-likeness (QED) is 0.537. The Kier molecular flexibility index (Phi) is 7.54. The molecule has 4 rings (SSSR count). The van der Waals surface area contributed by atoms with E-state index in [1.54, 1.807) is 12.1 Å². The van der Waals surface area contributed by atoms with E-state index in [0.717, 1.165) is 26.2 Å². The van der Waals surface area contributed by atoms with Crippen LogP contribution in [-0.2, 0) is 12.7 Å². The highest BCUT2D eigenvalue weighted by atomic mass is 35.5. The number of nitrogens with one attached hydrogen (secondary N) is 2. The number of benzene rings is 2. The minimum Gasteiger partial charge on any atom is -0.367 e. The highest BCUT2D eigenvalue weighted by Gasteiger charge is 2.38. The Hall–Kier alpha value is -3.18. The van der Waals surface area contributed by atoms with Gasteiger partial charge in [-0.3, -0.25) is 4.79 Å². The van der Waals surface area contributed by atoms with Crippen LogP contribution in [0.5, 0.6) is 0 Å². The molecule has 1 aliphatic rings. The summed E-state index contributed by atoms with van der Waals surface area (Å²) in [6.45, 7) is 3.17. The molecule has 3 aromatic rings. The SMILES string of the molecule is Cl.O=C(NCc1ccc(N2CCNCC2)c(F)c1)c1ccc(-c2noc(C(F)(F)F)n2)cc1. The van der Waals surface area contributed by atoms with Crippen LogP contribution in [0.1, 0.15) is 21.8 Å². The van der Waals surface area contributed by atoms with Gasteiger partial charge in [-0.2, -0.15) is 18.2 Å². The van der Waals surface area contributed by atoms with Gasteiger partial charge in [0.25, 0.3) is 5.91 Å². The van der Waals surface area contributed by atoms with E-state index in [4.69, 9.17) is 0 Å². The van der Waals surface area contributed by atoms with Gasteiger partial charge in [0.15, 0.2) is 0 Å². The standard InChI is InChI=1S/C21H19F4N5O2.ClH/c22-16-11-13(1-6-17(16)30-9-7-26-8-10-30)12-27-19(31)15-4-2-14(3-5-15)18-28-20(32-29-18)21(23,24)25;/h1-6,11,26H,7-10,12H2,(H,27,31);1H. The lowest BCUT2D eigenvalue weighted by Crippen LogP contribution is -2.43. The molecule has 12 heteroatoms. The van der Waals surface area contributed by atoms with Gasteiger partial charge in [-0.25, -0.2) is 4.39 Å². The van der Waals surface area contributed by atoms with Crippen molar-refractivity contribution in [2.24, 2.45) is 0 Å². The van der Waals surface area contributed by atoms with Gasteiger partial charge in [-0.05, 0) is 29.8 Å². The Morgan fingerprint density at radius 3 is 2.42 bits per heavy atom. The highest BCUT2D eigenvalue weighted by Crippen LogP contribution is 2.29. The van der Waals surface area contributed by atoms with E-state index < -0.39 is 18.0 Å². The maximum atomic E-state index is 14.5. The van der Waals surface area contributed by atoms with Crippen molar-refractivity contribution < 1.29 is 26.9 Å². The summed E-state index contributed by atoms with van der Waals surface area (Å²) in [7, 11) is 0. The van der Waals surface area contributed by atoms with Crippen LogP contribution in [0.2, 0.25) is 0 Å². The maximum absolute atomic E-state index is 14.5. The Balaban J connectivity index is 0.00000306. The molecule has 2 N–H and O–H groups in total. The summed E-state index contributed by atoms with van der Waals surface area (Å²) in [5.74, 6) is -2.43. The molecule has 33 heavy (non-hydrogen) atoms. The summed E-state index contributed by atoms with van der Waals surface area (Å²) in [5.41, 5.74) is 1.70. The molecule has 1 aliphatic heterocycles. The molecular weight excluding hydrogens is 466 g/mol. The molecule has 0 spiro atoms. The Morgan fingerprint density at radius 1 is 1.12 bits per heavy atom. The predicted octanol–water partition coefficient (Wildman–Crippen LogP) is 3.66. The molecule has 0 atom stereocenters. The molecule has 1 aromatic heterocycles. The fraction of sp³-hybridized carbons (Fsp3) is 0.286. The van der Waals surface area contributed by atoms with E-state index in [-0.39, 0.29) is 41.7 Å². The minimum absolute atomic E-state index is 0. The number of nitrogens with zero attached hydrogens (tertiary/aromatic N) is 3. The van der Waals surface area contributed by atoms with Crippen LogP contribution in [0.3, 0.4) is 0 Å². The number of hydrogen-bond acceptors (Lipinski definition) is 6. The van der Waals surface area contributed by atoms with Gasteiger partial charge < -0.3 is 20.1 Å².